The molecule has 0 aliphatic carbocycles. The number of fused-ring (bicyclic) bond motifs is 1. The van der Waals surface area contributed by atoms with E-state index in [1.54, 1.807) is 11.6 Å². The molecule has 164 valence electrons. The van der Waals surface area contributed by atoms with Gasteiger partial charge in [-0.05, 0) is 55.3 Å². The van der Waals surface area contributed by atoms with Crippen molar-refractivity contribution in [3.8, 4) is 17.1 Å². The average Bonchev–Trinajstić information content (AvgIpc) is 3.38. The summed E-state index contributed by atoms with van der Waals surface area (Å²) in [4.78, 5) is 29.8. The van der Waals surface area contributed by atoms with Crippen molar-refractivity contribution < 1.29 is 14.3 Å². The van der Waals surface area contributed by atoms with Gasteiger partial charge in [0.2, 0.25) is 4.96 Å². The molecule has 0 atom stereocenters. The van der Waals surface area contributed by atoms with Crippen LogP contribution in [0.4, 0.5) is 5.69 Å². The van der Waals surface area contributed by atoms with E-state index in [1.807, 2.05) is 61.7 Å². The minimum Gasteiger partial charge on any atom is -0.497 e. The maximum absolute atomic E-state index is 12.2. The van der Waals surface area contributed by atoms with Gasteiger partial charge in [-0.1, -0.05) is 12.1 Å². The molecule has 0 aliphatic rings. The van der Waals surface area contributed by atoms with Gasteiger partial charge in [0.1, 0.15) is 5.75 Å². The minimum absolute atomic E-state index is 0.308. The maximum Gasteiger partial charge on any atom is 0.313 e. The molecule has 0 radical (unpaired) electrons. The molecule has 4 aromatic rings. The number of hydrogen-bond donors (Lipinski definition) is 2. The number of amides is 2. The molecule has 0 fully saturated rings. The van der Waals surface area contributed by atoms with Crippen molar-refractivity contribution in [3.05, 3.63) is 64.7 Å². The van der Waals surface area contributed by atoms with Gasteiger partial charge in [-0.2, -0.15) is 4.98 Å². The van der Waals surface area contributed by atoms with Crippen LogP contribution in [-0.2, 0) is 16.0 Å². The molecular formula is C23H23N5O3S. The number of anilines is 1. The molecule has 2 amide bonds. The van der Waals surface area contributed by atoms with Gasteiger partial charge in [-0.15, -0.1) is 16.4 Å². The Kier molecular flexibility index (Phi) is 6.18. The van der Waals surface area contributed by atoms with Crippen LogP contribution in [0, 0.1) is 13.8 Å². The number of aryl methyl sites for hydroxylation is 2. The minimum atomic E-state index is -0.684. The van der Waals surface area contributed by atoms with E-state index in [-0.39, 0.29) is 0 Å². The first kappa shape index (κ1) is 21.5. The van der Waals surface area contributed by atoms with E-state index in [9.17, 15) is 9.59 Å². The Labute approximate surface area is 189 Å². The first-order valence-corrected chi connectivity index (χ1v) is 11.0. The number of ether oxygens (including phenoxy) is 1. The van der Waals surface area contributed by atoms with E-state index >= 15 is 0 Å². The van der Waals surface area contributed by atoms with E-state index in [0.717, 1.165) is 33.1 Å². The summed E-state index contributed by atoms with van der Waals surface area (Å²) in [6.07, 6.45) is 0.522. The number of thiazole rings is 1. The number of rotatable bonds is 6. The highest BCUT2D eigenvalue weighted by Crippen LogP contribution is 2.23. The summed E-state index contributed by atoms with van der Waals surface area (Å²) in [6.45, 7) is 4.12. The molecule has 0 aliphatic heterocycles. The fourth-order valence-electron chi connectivity index (χ4n) is 3.19. The van der Waals surface area contributed by atoms with Gasteiger partial charge in [0.25, 0.3) is 0 Å². The summed E-state index contributed by atoms with van der Waals surface area (Å²) in [6, 6.07) is 13.3. The molecule has 2 aromatic heterocycles. The Hall–Kier alpha value is -3.72. The Balaban J connectivity index is 1.36. The molecule has 0 bridgehead atoms. The lowest BCUT2D eigenvalue weighted by Crippen LogP contribution is -2.36. The molecule has 2 N–H and O–H groups in total. The second kappa shape index (κ2) is 9.19. The van der Waals surface area contributed by atoms with Crippen molar-refractivity contribution in [1.29, 1.82) is 0 Å². The van der Waals surface area contributed by atoms with Gasteiger partial charge in [-0.25, -0.2) is 4.52 Å². The summed E-state index contributed by atoms with van der Waals surface area (Å²) in [5.41, 5.74) is 4.35. The lowest BCUT2D eigenvalue weighted by molar-refractivity contribution is -0.136. The molecule has 0 spiro atoms. The molecular weight excluding hydrogens is 426 g/mol. The number of benzene rings is 2. The van der Waals surface area contributed by atoms with Crippen LogP contribution in [0.5, 0.6) is 5.75 Å². The van der Waals surface area contributed by atoms with Crippen molar-refractivity contribution in [2.75, 3.05) is 19.0 Å². The van der Waals surface area contributed by atoms with Gasteiger partial charge in [0, 0.05) is 29.6 Å². The van der Waals surface area contributed by atoms with E-state index in [2.05, 4.69) is 20.7 Å². The average molecular weight is 450 g/mol. The van der Waals surface area contributed by atoms with Crippen LogP contribution in [0.15, 0.2) is 47.8 Å². The zero-order valence-electron chi connectivity index (χ0n) is 18.0. The van der Waals surface area contributed by atoms with E-state index in [0.29, 0.717) is 24.5 Å². The number of carbonyl (C=O) groups excluding carboxylic acids is 2. The highest BCUT2D eigenvalue weighted by atomic mass is 32.1. The lowest BCUT2D eigenvalue weighted by atomic mass is 10.1. The first-order chi connectivity index (χ1) is 15.4. The molecule has 2 heterocycles. The predicted molar refractivity (Wildman–Crippen MR) is 124 cm³/mol. The third-order valence-corrected chi connectivity index (χ3v) is 5.88. The summed E-state index contributed by atoms with van der Waals surface area (Å²) in [5, 5.41) is 11.9. The van der Waals surface area contributed by atoms with Crippen LogP contribution in [0.2, 0.25) is 0 Å². The van der Waals surface area contributed by atoms with Gasteiger partial charge in [0.15, 0.2) is 5.82 Å². The first-order valence-electron chi connectivity index (χ1n) is 10.1. The molecule has 2 aromatic carbocycles. The van der Waals surface area contributed by atoms with Gasteiger partial charge in [-0.3, -0.25) is 9.59 Å². The van der Waals surface area contributed by atoms with E-state index in [4.69, 9.17) is 4.74 Å². The Morgan fingerprint density at radius 1 is 1.09 bits per heavy atom. The quantitative estimate of drug-likeness (QED) is 0.440. The summed E-state index contributed by atoms with van der Waals surface area (Å²) in [5.74, 6) is 0.0390. The Morgan fingerprint density at radius 3 is 2.62 bits per heavy atom. The normalized spacial score (nSPS) is 10.8. The van der Waals surface area contributed by atoms with Crippen molar-refractivity contribution in [2.45, 2.75) is 20.3 Å². The van der Waals surface area contributed by atoms with Crippen molar-refractivity contribution in [3.63, 3.8) is 0 Å². The fourth-order valence-corrected chi connectivity index (χ4v) is 4.05. The van der Waals surface area contributed by atoms with Crippen LogP contribution in [0.1, 0.15) is 16.8 Å². The highest BCUT2D eigenvalue weighted by Gasteiger charge is 2.16. The standard InChI is InChI=1S/C23H23N5O3S/c1-14-4-5-15(2)19(12-14)25-22(30)21(29)24-11-10-17-13-32-23-26-20(27-28(17)23)16-6-8-18(31-3)9-7-16/h4-9,12-13H,10-11H2,1-3H3,(H,24,29)(H,25,30). The van der Waals surface area contributed by atoms with E-state index in [1.165, 1.54) is 11.3 Å². The molecule has 4 rings (SSSR count). The molecule has 0 saturated heterocycles. The lowest BCUT2D eigenvalue weighted by Gasteiger charge is -2.09. The fraction of sp³-hybridized carbons (Fsp3) is 0.217. The third-order valence-electron chi connectivity index (χ3n) is 5.01. The second-order valence-electron chi connectivity index (χ2n) is 7.36. The van der Waals surface area contributed by atoms with Gasteiger partial charge >= 0.3 is 11.8 Å². The van der Waals surface area contributed by atoms with Crippen molar-refractivity contribution >= 4 is 33.8 Å². The predicted octanol–water partition coefficient (Wildman–Crippen LogP) is 3.38. The molecule has 8 nitrogen and oxygen atoms in total. The summed E-state index contributed by atoms with van der Waals surface area (Å²) < 4.78 is 6.96. The Bertz CT molecular complexity index is 1280. The van der Waals surface area contributed by atoms with Crippen LogP contribution < -0.4 is 15.4 Å². The van der Waals surface area contributed by atoms with Gasteiger partial charge in [0.05, 0.1) is 12.8 Å². The molecule has 0 saturated carbocycles. The summed E-state index contributed by atoms with van der Waals surface area (Å²) in [7, 11) is 1.62. The molecule has 0 unspecified atom stereocenters. The number of nitrogens with one attached hydrogen (secondary N) is 2. The zero-order chi connectivity index (χ0) is 22.7. The third kappa shape index (κ3) is 4.62. The number of aromatic nitrogens is 3. The number of hydrogen-bond acceptors (Lipinski definition) is 6. The van der Waals surface area contributed by atoms with E-state index < -0.39 is 11.8 Å². The molecule has 32 heavy (non-hydrogen) atoms. The Morgan fingerprint density at radius 2 is 1.88 bits per heavy atom. The smallest absolute Gasteiger partial charge is 0.313 e. The number of nitrogens with zero attached hydrogens (tertiary/aromatic N) is 3. The van der Waals surface area contributed by atoms with Crippen molar-refractivity contribution in [1.82, 2.24) is 19.9 Å². The van der Waals surface area contributed by atoms with Gasteiger partial charge < -0.3 is 15.4 Å². The van der Waals surface area contributed by atoms with Crippen LogP contribution in [-0.4, -0.2) is 40.1 Å². The van der Waals surface area contributed by atoms with Crippen molar-refractivity contribution in [2.24, 2.45) is 0 Å². The molecule has 9 heteroatoms. The topological polar surface area (TPSA) is 97.6 Å². The second-order valence-corrected chi connectivity index (χ2v) is 8.20. The number of carbonyl (C=O) groups is 2. The van der Waals surface area contributed by atoms with Crippen LogP contribution in [0.3, 0.4) is 0 Å². The largest absolute Gasteiger partial charge is 0.497 e. The number of methoxy groups -OCH3 is 1. The zero-order valence-corrected chi connectivity index (χ0v) is 18.8. The van der Waals surface area contributed by atoms with Crippen LogP contribution in [0.25, 0.3) is 16.3 Å². The SMILES string of the molecule is COc1ccc(-c2nc3scc(CCNC(=O)C(=O)Nc4cc(C)ccc4C)n3n2)cc1. The summed E-state index contributed by atoms with van der Waals surface area (Å²) >= 11 is 1.48. The maximum atomic E-state index is 12.2. The van der Waals surface area contributed by atoms with Crippen LogP contribution >= 0.6 is 11.3 Å². The monoisotopic (exact) mass is 449 g/mol. The highest BCUT2D eigenvalue weighted by molar-refractivity contribution is 7.15.